The maximum absolute atomic E-state index is 12.0. The zero-order chi connectivity index (χ0) is 16.1. The molecule has 2 atom stereocenters. The van der Waals surface area contributed by atoms with E-state index in [1.807, 2.05) is 11.8 Å². The van der Waals surface area contributed by atoms with Gasteiger partial charge in [-0.25, -0.2) is 0 Å². The molecule has 6 nitrogen and oxygen atoms in total. The van der Waals surface area contributed by atoms with Crippen molar-refractivity contribution in [2.45, 2.75) is 45.4 Å². The molecule has 0 aromatic heterocycles. The average Bonchev–Trinajstić information content (AvgIpc) is 2.47. The summed E-state index contributed by atoms with van der Waals surface area (Å²) < 4.78 is 5.91. The van der Waals surface area contributed by atoms with E-state index in [2.05, 4.69) is 23.6 Å². The lowest BCUT2D eigenvalue weighted by molar-refractivity contribution is -0.133. The van der Waals surface area contributed by atoms with Crippen LogP contribution in [0.3, 0.4) is 0 Å². The molecule has 0 aliphatic carbocycles. The van der Waals surface area contributed by atoms with Gasteiger partial charge in [0.2, 0.25) is 5.91 Å². The standard InChI is InChI=1S/C16H32N4O2.3ClH/c1-13(2)20-8-9-22-15(12-20)11-18-4-6-19(7-5-18)16(21)10-14(3)17;;;/h13-15H,4-12,17H2,1-3H3;3*1H. The highest BCUT2D eigenvalue weighted by Gasteiger charge is 2.27. The summed E-state index contributed by atoms with van der Waals surface area (Å²) in [4.78, 5) is 18.9. The first-order valence-corrected chi connectivity index (χ1v) is 8.57. The van der Waals surface area contributed by atoms with Crippen LogP contribution in [0.1, 0.15) is 27.2 Å². The Balaban J connectivity index is 0. The van der Waals surface area contributed by atoms with Gasteiger partial charge in [-0.3, -0.25) is 14.6 Å². The average molecular weight is 422 g/mol. The van der Waals surface area contributed by atoms with Crippen molar-refractivity contribution in [3.63, 3.8) is 0 Å². The highest BCUT2D eigenvalue weighted by atomic mass is 35.5. The second-order valence-corrected chi connectivity index (χ2v) is 6.94. The smallest absolute Gasteiger partial charge is 0.224 e. The molecule has 0 saturated carbocycles. The first-order chi connectivity index (χ1) is 10.5. The van der Waals surface area contributed by atoms with Gasteiger partial charge in [0.05, 0.1) is 12.7 Å². The van der Waals surface area contributed by atoms with Gasteiger partial charge in [-0.05, 0) is 20.8 Å². The van der Waals surface area contributed by atoms with Gasteiger partial charge in [-0.15, -0.1) is 37.2 Å². The van der Waals surface area contributed by atoms with Crippen molar-refractivity contribution < 1.29 is 9.53 Å². The Bertz CT molecular complexity index is 367. The van der Waals surface area contributed by atoms with Gasteiger partial charge in [-0.1, -0.05) is 0 Å². The van der Waals surface area contributed by atoms with Crippen LogP contribution in [-0.2, 0) is 9.53 Å². The van der Waals surface area contributed by atoms with Crippen molar-refractivity contribution in [2.75, 3.05) is 52.4 Å². The van der Waals surface area contributed by atoms with Crippen molar-refractivity contribution in [2.24, 2.45) is 5.73 Å². The summed E-state index contributed by atoms with van der Waals surface area (Å²) in [6, 6.07) is 0.530. The molecule has 2 unspecified atom stereocenters. The fourth-order valence-electron chi connectivity index (χ4n) is 3.19. The molecule has 2 aliphatic heterocycles. The normalized spacial score (nSPS) is 23.2. The molecule has 9 heteroatoms. The van der Waals surface area contributed by atoms with E-state index in [1.54, 1.807) is 0 Å². The fraction of sp³-hybridized carbons (Fsp3) is 0.938. The summed E-state index contributed by atoms with van der Waals surface area (Å²) in [6.07, 6.45) is 0.747. The fourth-order valence-corrected chi connectivity index (χ4v) is 3.19. The van der Waals surface area contributed by atoms with Crippen LogP contribution in [0.5, 0.6) is 0 Å². The van der Waals surface area contributed by atoms with Crippen molar-refractivity contribution in [3.8, 4) is 0 Å². The number of amides is 1. The van der Waals surface area contributed by atoms with Crippen LogP contribution in [-0.4, -0.2) is 91.2 Å². The number of nitrogens with two attached hydrogens (primary N) is 1. The molecule has 0 bridgehead atoms. The van der Waals surface area contributed by atoms with Crippen LogP contribution < -0.4 is 5.73 Å². The van der Waals surface area contributed by atoms with Gasteiger partial charge in [0.1, 0.15) is 0 Å². The van der Waals surface area contributed by atoms with Crippen LogP contribution >= 0.6 is 37.2 Å². The highest BCUT2D eigenvalue weighted by Crippen LogP contribution is 2.12. The third kappa shape index (κ3) is 9.09. The topological polar surface area (TPSA) is 62.0 Å². The van der Waals surface area contributed by atoms with Gasteiger partial charge in [0.15, 0.2) is 0 Å². The lowest BCUT2D eigenvalue weighted by Crippen LogP contribution is -2.54. The summed E-state index contributed by atoms with van der Waals surface area (Å²) >= 11 is 0. The minimum absolute atomic E-state index is 0. The van der Waals surface area contributed by atoms with Gasteiger partial charge in [-0.2, -0.15) is 0 Å². The number of halogens is 3. The zero-order valence-corrected chi connectivity index (χ0v) is 18.0. The van der Waals surface area contributed by atoms with E-state index in [0.29, 0.717) is 18.6 Å². The molecular formula is C16H35Cl3N4O2. The number of nitrogens with zero attached hydrogens (tertiary/aromatic N) is 3. The van der Waals surface area contributed by atoms with Gasteiger partial charge in [0.25, 0.3) is 0 Å². The number of rotatable bonds is 5. The van der Waals surface area contributed by atoms with Gasteiger partial charge < -0.3 is 15.4 Å². The van der Waals surface area contributed by atoms with Crippen LogP contribution in [0.25, 0.3) is 0 Å². The number of morpholine rings is 1. The van der Waals surface area contributed by atoms with Gasteiger partial charge >= 0.3 is 0 Å². The number of carbonyl (C=O) groups is 1. The third-order valence-corrected chi connectivity index (χ3v) is 4.58. The van der Waals surface area contributed by atoms with E-state index in [1.165, 1.54) is 0 Å². The predicted octanol–water partition coefficient (Wildman–Crippen LogP) is 1.24. The van der Waals surface area contributed by atoms with E-state index >= 15 is 0 Å². The van der Waals surface area contributed by atoms with Crippen LogP contribution in [0.4, 0.5) is 0 Å². The Morgan fingerprint density at radius 3 is 2.20 bits per heavy atom. The van der Waals surface area contributed by atoms with E-state index in [4.69, 9.17) is 10.5 Å². The maximum Gasteiger partial charge on any atom is 0.224 e. The van der Waals surface area contributed by atoms with Crippen LogP contribution in [0.15, 0.2) is 0 Å². The highest BCUT2D eigenvalue weighted by molar-refractivity contribution is 5.86. The number of piperazine rings is 1. The van der Waals surface area contributed by atoms with Crippen LogP contribution in [0.2, 0.25) is 0 Å². The first-order valence-electron chi connectivity index (χ1n) is 8.57. The lowest BCUT2D eigenvalue weighted by Gasteiger charge is -2.40. The minimum Gasteiger partial charge on any atom is -0.374 e. The Hall–Kier alpha value is 0.180. The molecule has 2 aliphatic rings. The minimum atomic E-state index is -0.0526. The second-order valence-electron chi connectivity index (χ2n) is 6.94. The molecule has 2 heterocycles. The summed E-state index contributed by atoms with van der Waals surface area (Å²) in [5.74, 6) is 0.189. The SMILES string of the molecule is CC(N)CC(=O)N1CCN(CC2CN(C(C)C)CCO2)CC1.Cl.Cl.Cl. The molecular weight excluding hydrogens is 387 g/mol. The molecule has 25 heavy (non-hydrogen) atoms. The van der Waals surface area contributed by atoms with E-state index < -0.39 is 0 Å². The molecule has 0 radical (unpaired) electrons. The molecule has 2 rings (SSSR count). The quantitative estimate of drug-likeness (QED) is 0.724. The molecule has 0 aromatic carbocycles. The maximum atomic E-state index is 12.0. The molecule has 2 saturated heterocycles. The molecule has 1 amide bonds. The monoisotopic (exact) mass is 420 g/mol. The third-order valence-electron chi connectivity index (χ3n) is 4.58. The molecule has 0 aromatic rings. The number of hydrogen-bond acceptors (Lipinski definition) is 5. The Morgan fingerprint density at radius 2 is 1.68 bits per heavy atom. The summed E-state index contributed by atoms with van der Waals surface area (Å²) in [5, 5.41) is 0. The number of carbonyl (C=O) groups excluding carboxylic acids is 1. The van der Waals surface area contributed by atoms with Crippen molar-refractivity contribution in [1.82, 2.24) is 14.7 Å². The zero-order valence-electron chi connectivity index (χ0n) is 15.6. The Kier molecular flexibility index (Phi) is 14.6. The van der Waals surface area contributed by atoms with Crippen molar-refractivity contribution in [3.05, 3.63) is 0 Å². The number of hydrogen-bond donors (Lipinski definition) is 1. The summed E-state index contributed by atoms with van der Waals surface area (Å²) in [6.45, 7) is 13.7. The second kappa shape index (κ2) is 13.4. The van der Waals surface area contributed by atoms with E-state index in [9.17, 15) is 4.79 Å². The first kappa shape index (κ1) is 27.4. The summed E-state index contributed by atoms with van der Waals surface area (Å²) in [5.41, 5.74) is 5.71. The predicted molar refractivity (Wildman–Crippen MR) is 109 cm³/mol. The summed E-state index contributed by atoms with van der Waals surface area (Å²) in [7, 11) is 0. The van der Waals surface area contributed by atoms with Gasteiger partial charge in [0, 0.05) is 64.3 Å². The van der Waals surface area contributed by atoms with Crippen molar-refractivity contribution >= 4 is 43.1 Å². The Morgan fingerprint density at radius 1 is 1.08 bits per heavy atom. The van der Waals surface area contributed by atoms with Crippen molar-refractivity contribution in [1.29, 1.82) is 0 Å². The van der Waals surface area contributed by atoms with E-state index in [-0.39, 0.29) is 49.2 Å². The molecule has 2 N–H and O–H groups in total. The molecule has 0 spiro atoms. The Labute approximate surface area is 171 Å². The van der Waals surface area contributed by atoms with Crippen LogP contribution in [0, 0.1) is 0 Å². The van der Waals surface area contributed by atoms with E-state index in [0.717, 1.165) is 52.4 Å². The lowest BCUT2D eigenvalue weighted by atomic mass is 10.2. The molecule has 2 fully saturated rings. The largest absolute Gasteiger partial charge is 0.374 e. The number of ether oxygens (including phenoxy) is 1. The molecule has 152 valence electrons.